The van der Waals surface area contributed by atoms with Gasteiger partial charge in [-0.15, -0.1) is 0 Å². The molecule has 0 amide bonds. The smallest absolute Gasteiger partial charge is 0.106 e. The van der Waals surface area contributed by atoms with Gasteiger partial charge in [0.2, 0.25) is 0 Å². The third kappa shape index (κ3) is 2.67. The van der Waals surface area contributed by atoms with Crippen molar-refractivity contribution in [3.63, 3.8) is 0 Å². The number of ether oxygens (including phenoxy) is 2. The zero-order chi connectivity index (χ0) is 10.7. The Kier molecular flexibility index (Phi) is 3.93. The number of hydrogen-bond acceptors (Lipinski definition) is 4. The molecule has 0 aromatic rings. The summed E-state index contributed by atoms with van der Waals surface area (Å²) in [6.45, 7) is 4.81. The van der Waals surface area contributed by atoms with Crippen molar-refractivity contribution in [2.75, 3.05) is 32.6 Å². The average molecular weight is 231 g/mol. The average Bonchev–Trinajstić information content (AvgIpc) is 2.85. The van der Waals surface area contributed by atoms with Gasteiger partial charge < -0.3 is 14.8 Å². The molecule has 4 heteroatoms. The molecule has 15 heavy (non-hydrogen) atoms. The van der Waals surface area contributed by atoms with Crippen molar-refractivity contribution < 1.29 is 9.47 Å². The highest BCUT2D eigenvalue weighted by molar-refractivity contribution is 8.00. The highest BCUT2D eigenvalue weighted by Crippen LogP contribution is 2.27. The van der Waals surface area contributed by atoms with Gasteiger partial charge in [-0.3, -0.25) is 0 Å². The fraction of sp³-hybridized carbons (Fsp3) is 1.00. The minimum absolute atomic E-state index is 0.0625. The lowest BCUT2D eigenvalue weighted by Crippen LogP contribution is -2.47. The van der Waals surface area contributed by atoms with E-state index in [1.165, 1.54) is 12.2 Å². The van der Waals surface area contributed by atoms with Gasteiger partial charge in [-0.2, -0.15) is 11.8 Å². The maximum atomic E-state index is 5.60. The number of hydrogen-bond donors (Lipinski definition) is 1. The van der Waals surface area contributed by atoms with Crippen molar-refractivity contribution in [1.82, 2.24) is 5.32 Å². The van der Waals surface area contributed by atoms with Gasteiger partial charge in [0.1, 0.15) is 5.60 Å². The van der Waals surface area contributed by atoms with Crippen LogP contribution in [0.15, 0.2) is 0 Å². The third-order valence-electron chi connectivity index (χ3n) is 3.56. The van der Waals surface area contributed by atoms with E-state index < -0.39 is 0 Å². The van der Waals surface area contributed by atoms with Gasteiger partial charge >= 0.3 is 0 Å². The van der Waals surface area contributed by atoms with Gasteiger partial charge in [-0.25, -0.2) is 0 Å². The van der Waals surface area contributed by atoms with Crippen molar-refractivity contribution in [3.8, 4) is 0 Å². The van der Waals surface area contributed by atoms with Crippen LogP contribution in [0.1, 0.15) is 19.8 Å². The van der Waals surface area contributed by atoms with Gasteiger partial charge in [0, 0.05) is 38.0 Å². The van der Waals surface area contributed by atoms with Crippen LogP contribution in [0.3, 0.4) is 0 Å². The summed E-state index contributed by atoms with van der Waals surface area (Å²) in [5.74, 6) is 1.29. The molecule has 0 spiro atoms. The van der Waals surface area contributed by atoms with E-state index in [4.69, 9.17) is 9.47 Å². The van der Waals surface area contributed by atoms with Crippen LogP contribution >= 0.6 is 11.8 Å². The van der Waals surface area contributed by atoms with Crippen LogP contribution in [0.2, 0.25) is 0 Å². The summed E-state index contributed by atoms with van der Waals surface area (Å²) < 4.78 is 11.0. The van der Waals surface area contributed by atoms with Crippen LogP contribution in [-0.4, -0.2) is 49.5 Å². The predicted octanol–water partition coefficient (Wildman–Crippen LogP) is 1.28. The molecule has 2 fully saturated rings. The Hall–Kier alpha value is 0.230. The van der Waals surface area contributed by atoms with E-state index in [0.717, 1.165) is 31.4 Å². The Balaban J connectivity index is 1.80. The molecule has 3 unspecified atom stereocenters. The first-order valence-electron chi connectivity index (χ1n) is 5.74. The molecule has 0 saturated carbocycles. The summed E-state index contributed by atoms with van der Waals surface area (Å²) in [7, 11) is 1.79. The van der Waals surface area contributed by atoms with Crippen LogP contribution in [0, 0.1) is 0 Å². The summed E-state index contributed by atoms with van der Waals surface area (Å²) in [4.78, 5) is 0. The fourth-order valence-corrected chi connectivity index (χ4v) is 3.50. The number of nitrogens with one attached hydrogen (secondary N) is 1. The summed E-state index contributed by atoms with van der Waals surface area (Å²) >= 11 is 2.06. The molecule has 0 bridgehead atoms. The van der Waals surface area contributed by atoms with Gasteiger partial charge in [0.15, 0.2) is 0 Å². The molecular formula is C11H21NO2S. The molecule has 2 aliphatic heterocycles. The van der Waals surface area contributed by atoms with Crippen molar-refractivity contribution in [2.24, 2.45) is 0 Å². The fourth-order valence-electron chi connectivity index (χ4n) is 2.28. The predicted molar refractivity (Wildman–Crippen MR) is 63.5 cm³/mol. The minimum Gasteiger partial charge on any atom is -0.378 e. The zero-order valence-corrected chi connectivity index (χ0v) is 10.4. The largest absolute Gasteiger partial charge is 0.378 e. The molecule has 2 rings (SSSR count). The van der Waals surface area contributed by atoms with Gasteiger partial charge in [-0.1, -0.05) is 6.92 Å². The normalized spacial score (nSPS) is 41.2. The van der Waals surface area contributed by atoms with Crippen LogP contribution in [0.25, 0.3) is 0 Å². The molecule has 2 saturated heterocycles. The van der Waals surface area contributed by atoms with Crippen molar-refractivity contribution >= 4 is 11.8 Å². The lowest BCUT2D eigenvalue weighted by molar-refractivity contribution is -0.0173. The van der Waals surface area contributed by atoms with E-state index in [1.807, 2.05) is 0 Å². The molecule has 3 atom stereocenters. The molecule has 0 radical (unpaired) electrons. The summed E-state index contributed by atoms with van der Waals surface area (Å²) in [6.07, 6.45) is 2.30. The van der Waals surface area contributed by atoms with E-state index in [-0.39, 0.29) is 5.60 Å². The molecule has 3 nitrogen and oxygen atoms in total. The summed E-state index contributed by atoms with van der Waals surface area (Å²) in [6, 6.07) is 0.655. The maximum absolute atomic E-state index is 5.60. The molecule has 88 valence electrons. The first-order valence-corrected chi connectivity index (χ1v) is 6.78. The Morgan fingerprint density at radius 1 is 1.60 bits per heavy atom. The SMILES string of the molecule is COC1(CNC2CCSC2C)CCOC1. The first kappa shape index (κ1) is 11.7. The quantitative estimate of drug-likeness (QED) is 0.789. The second-order valence-electron chi connectivity index (χ2n) is 4.54. The van der Waals surface area contributed by atoms with Crippen molar-refractivity contribution in [3.05, 3.63) is 0 Å². The standard InChI is InChI=1S/C11H21NO2S/c1-9-10(3-6-15-9)12-7-11(13-2)4-5-14-8-11/h9-10,12H,3-8H2,1-2H3. The van der Waals surface area contributed by atoms with E-state index >= 15 is 0 Å². The second-order valence-corrected chi connectivity index (χ2v) is 6.03. The molecule has 0 aromatic carbocycles. The maximum Gasteiger partial charge on any atom is 0.106 e. The molecule has 0 aliphatic carbocycles. The van der Waals surface area contributed by atoms with Crippen LogP contribution in [0.5, 0.6) is 0 Å². The van der Waals surface area contributed by atoms with Gasteiger partial charge in [0.25, 0.3) is 0 Å². The van der Waals surface area contributed by atoms with Gasteiger partial charge in [0.05, 0.1) is 6.61 Å². The van der Waals surface area contributed by atoms with Crippen LogP contribution < -0.4 is 5.32 Å². The van der Waals surface area contributed by atoms with Crippen molar-refractivity contribution in [1.29, 1.82) is 0 Å². The summed E-state index contributed by atoms with van der Waals surface area (Å²) in [5, 5.41) is 4.38. The molecule has 2 heterocycles. The topological polar surface area (TPSA) is 30.5 Å². The van der Waals surface area contributed by atoms with E-state index in [0.29, 0.717) is 6.04 Å². The molecule has 0 aromatic heterocycles. The second kappa shape index (κ2) is 5.04. The Morgan fingerprint density at radius 3 is 3.00 bits per heavy atom. The monoisotopic (exact) mass is 231 g/mol. The van der Waals surface area contributed by atoms with Crippen LogP contribution in [0.4, 0.5) is 0 Å². The number of methoxy groups -OCH3 is 1. The lowest BCUT2D eigenvalue weighted by atomic mass is 10.0. The van der Waals surface area contributed by atoms with E-state index in [9.17, 15) is 0 Å². The Labute approximate surface area is 96.3 Å². The Bertz CT molecular complexity index is 207. The molecule has 2 aliphatic rings. The zero-order valence-electron chi connectivity index (χ0n) is 9.62. The Morgan fingerprint density at radius 2 is 2.47 bits per heavy atom. The highest BCUT2D eigenvalue weighted by atomic mass is 32.2. The first-order chi connectivity index (χ1) is 7.26. The van der Waals surface area contributed by atoms with E-state index in [1.54, 1.807) is 7.11 Å². The third-order valence-corrected chi connectivity index (χ3v) is 4.89. The number of thioether (sulfide) groups is 1. The molecule has 1 N–H and O–H groups in total. The van der Waals surface area contributed by atoms with E-state index in [2.05, 4.69) is 24.0 Å². The van der Waals surface area contributed by atoms with Gasteiger partial charge in [-0.05, 0) is 12.2 Å². The minimum atomic E-state index is -0.0625. The summed E-state index contributed by atoms with van der Waals surface area (Å²) in [5.41, 5.74) is -0.0625. The molecular weight excluding hydrogens is 210 g/mol. The van der Waals surface area contributed by atoms with Crippen molar-refractivity contribution in [2.45, 2.75) is 36.7 Å². The highest BCUT2D eigenvalue weighted by Gasteiger charge is 2.36. The number of rotatable bonds is 4. The lowest BCUT2D eigenvalue weighted by Gasteiger charge is -2.28. The van der Waals surface area contributed by atoms with Crippen LogP contribution in [-0.2, 0) is 9.47 Å².